The van der Waals surface area contributed by atoms with Gasteiger partial charge in [-0.2, -0.15) is 0 Å². The maximum absolute atomic E-state index is 7.26. The molecule has 0 fully saturated rings. The zero-order chi connectivity index (χ0) is 28.5. The Kier molecular flexibility index (Phi) is 9.21. The molecule has 0 saturated heterocycles. The SMILES string of the molecule is CC1(C)c2cccc(P(c3ccccc3)c3ccccc3)c2Oc2c(P(c3ccccc3)c3ccccc3)cccc21.[Ar]. The van der Waals surface area contributed by atoms with Gasteiger partial charge in [0.2, 0.25) is 0 Å². The maximum Gasteiger partial charge on any atom is 0.139 e. The summed E-state index contributed by atoms with van der Waals surface area (Å²) < 4.78 is 7.26. The van der Waals surface area contributed by atoms with Crippen molar-refractivity contribution in [2.75, 3.05) is 0 Å². The Morgan fingerprint density at radius 3 is 1.00 bits per heavy atom. The van der Waals surface area contributed by atoms with Gasteiger partial charge in [-0.15, -0.1) is 0 Å². The van der Waals surface area contributed by atoms with Crippen LogP contribution in [0.4, 0.5) is 0 Å². The first-order chi connectivity index (χ1) is 20.6. The second-order valence-electron chi connectivity index (χ2n) is 11.0. The summed E-state index contributed by atoms with van der Waals surface area (Å²) >= 11 is 0. The first-order valence-electron chi connectivity index (χ1n) is 14.4. The van der Waals surface area contributed by atoms with Crippen LogP contribution in [0.2, 0.25) is 0 Å². The van der Waals surface area contributed by atoms with Gasteiger partial charge in [-0.1, -0.05) is 172 Å². The van der Waals surface area contributed by atoms with E-state index in [0.29, 0.717) is 0 Å². The van der Waals surface area contributed by atoms with E-state index in [-0.39, 0.29) is 43.2 Å². The Labute approximate surface area is 287 Å². The van der Waals surface area contributed by atoms with Gasteiger partial charge in [-0.05, 0) is 37.1 Å². The van der Waals surface area contributed by atoms with E-state index in [1.165, 1.54) is 43.0 Å². The normalized spacial score (nSPS) is 13.0. The fourth-order valence-corrected chi connectivity index (χ4v) is 10.8. The zero-order valence-electron chi connectivity index (χ0n) is 24.2. The third-order valence-corrected chi connectivity index (χ3v) is 13.0. The number of para-hydroxylation sites is 2. The Bertz CT molecular complexity index is 1610. The van der Waals surface area contributed by atoms with Crippen LogP contribution in [0.15, 0.2) is 158 Å². The van der Waals surface area contributed by atoms with Crippen molar-refractivity contribution in [1.82, 2.24) is 0 Å². The molecule has 0 unspecified atom stereocenters. The van der Waals surface area contributed by atoms with Crippen LogP contribution in [0.25, 0.3) is 0 Å². The number of ether oxygens (including phenoxy) is 1. The van der Waals surface area contributed by atoms with Crippen molar-refractivity contribution in [2.45, 2.75) is 19.3 Å². The van der Waals surface area contributed by atoms with Crippen molar-refractivity contribution in [3.8, 4) is 11.5 Å². The van der Waals surface area contributed by atoms with Gasteiger partial charge in [0.1, 0.15) is 11.5 Å². The van der Waals surface area contributed by atoms with Crippen molar-refractivity contribution in [1.29, 1.82) is 0 Å². The molecule has 0 saturated carbocycles. The maximum atomic E-state index is 7.26. The molecule has 0 aliphatic carbocycles. The summed E-state index contributed by atoms with van der Waals surface area (Å²) in [5.41, 5.74) is 2.26. The molecule has 212 valence electrons. The summed E-state index contributed by atoms with van der Waals surface area (Å²) in [6.45, 7) is 4.70. The molecular weight excluding hydrogens is 586 g/mol. The molecule has 1 heterocycles. The van der Waals surface area contributed by atoms with Crippen LogP contribution in [0, 0.1) is 37.7 Å². The Balaban J connectivity index is 0.00000329. The molecule has 0 spiro atoms. The summed E-state index contributed by atoms with van der Waals surface area (Å²) in [7, 11) is -1.65. The van der Waals surface area contributed by atoms with Crippen LogP contribution in [-0.4, -0.2) is 0 Å². The van der Waals surface area contributed by atoms with Gasteiger partial charge < -0.3 is 4.74 Å². The van der Waals surface area contributed by atoms with E-state index < -0.39 is 15.8 Å². The Morgan fingerprint density at radius 2 is 0.698 bits per heavy atom. The molecule has 6 aromatic rings. The quantitative estimate of drug-likeness (QED) is 0.175. The zero-order valence-corrected chi connectivity index (χ0v) is 26.7. The van der Waals surface area contributed by atoms with Crippen LogP contribution in [0.5, 0.6) is 11.5 Å². The van der Waals surface area contributed by atoms with Gasteiger partial charge in [0.15, 0.2) is 0 Å². The first kappa shape index (κ1) is 30.3. The molecule has 1 aliphatic rings. The second kappa shape index (κ2) is 13.1. The molecule has 0 bridgehead atoms. The fraction of sp³-hybridized carbons (Fsp3) is 0.0769. The van der Waals surface area contributed by atoms with E-state index in [0.717, 1.165) is 11.5 Å². The largest absolute Gasteiger partial charge is 0.455 e. The molecule has 0 radical (unpaired) electrons. The second-order valence-corrected chi connectivity index (χ2v) is 15.4. The minimum atomic E-state index is -0.824. The summed E-state index contributed by atoms with van der Waals surface area (Å²) in [5, 5.41) is 7.81. The number of hydrogen-bond acceptors (Lipinski definition) is 1. The van der Waals surface area contributed by atoms with Crippen LogP contribution in [0.1, 0.15) is 25.0 Å². The Hall–Kier alpha value is -2.76. The van der Waals surface area contributed by atoms with Gasteiger partial charge in [-0.3, -0.25) is 0 Å². The van der Waals surface area contributed by atoms with E-state index >= 15 is 0 Å². The standard InChI is InChI=1S/C39H32OP2.Ar/c1-39(2)33-25-15-27-35(41(29-17-7-3-8-18-29)30-19-9-4-10-20-30)37(33)40-38-34(39)26-16-28-36(38)42(31-21-11-5-12-22-31)32-23-13-6-14-24-32;/h3-28H,1-2H3;. The van der Waals surface area contributed by atoms with Gasteiger partial charge in [-0.25, -0.2) is 0 Å². The monoisotopic (exact) mass is 618 g/mol. The third kappa shape index (κ3) is 5.76. The molecule has 1 aliphatic heterocycles. The van der Waals surface area contributed by atoms with Gasteiger partial charge in [0.05, 0.1) is 0 Å². The minimum absolute atomic E-state index is 0. The van der Waals surface area contributed by atoms with Crippen molar-refractivity contribution in [3.63, 3.8) is 0 Å². The van der Waals surface area contributed by atoms with E-state index in [4.69, 9.17) is 4.74 Å². The average molecular weight is 619 g/mol. The van der Waals surface area contributed by atoms with Crippen molar-refractivity contribution in [3.05, 3.63) is 169 Å². The molecule has 1 nitrogen and oxygen atoms in total. The molecule has 7 rings (SSSR count). The molecule has 43 heavy (non-hydrogen) atoms. The molecule has 0 N–H and O–H groups in total. The topological polar surface area (TPSA) is 9.23 Å². The fourth-order valence-electron chi connectivity index (χ4n) is 6.01. The molecule has 0 aromatic heterocycles. The summed E-state index contributed by atoms with van der Waals surface area (Å²) in [6, 6.07) is 57.2. The summed E-state index contributed by atoms with van der Waals surface area (Å²) in [6.07, 6.45) is 0. The van der Waals surface area contributed by atoms with Gasteiger partial charge in [0.25, 0.3) is 0 Å². The van der Waals surface area contributed by atoms with Crippen molar-refractivity contribution < 1.29 is 42.5 Å². The average Bonchev–Trinajstić information content (AvgIpc) is 3.04. The number of rotatable bonds is 6. The minimum Gasteiger partial charge on any atom is -0.455 e. The van der Waals surface area contributed by atoms with Gasteiger partial charge >= 0.3 is 0 Å². The van der Waals surface area contributed by atoms with E-state index in [1.54, 1.807) is 0 Å². The predicted octanol–water partition coefficient (Wildman–Crippen LogP) is 7.63. The first-order valence-corrected chi connectivity index (χ1v) is 17.1. The molecular formula is C39H32ArOP2. The third-order valence-electron chi connectivity index (χ3n) is 8.08. The predicted molar refractivity (Wildman–Crippen MR) is 182 cm³/mol. The number of benzene rings is 6. The van der Waals surface area contributed by atoms with Crippen LogP contribution in [0.3, 0.4) is 0 Å². The van der Waals surface area contributed by atoms with Crippen molar-refractivity contribution in [2.24, 2.45) is 0 Å². The molecule has 0 amide bonds. The smallest absolute Gasteiger partial charge is 0.139 e. The molecule has 0 atom stereocenters. The van der Waals surface area contributed by atoms with E-state index in [9.17, 15) is 0 Å². The van der Waals surface area contributed by atoms with E-state index in [1.807, 2.05) is 0 Å². The van der Waals surface area contributed by atoms with E-state index in [2.05, 4.69) is 172 Å². The van der Waals surface area contributed by atoms with Gasteiger partial charge in [0, 0.05) is 64.9 Å². The Morgan fingerprint density at radius 1 is 0.395 bits per heavy atom. The summed E-state index contributed by atoms with van der Waals surface area (Å²) in [5.74, 6) is 2.02. The molecule has 6 aromatic carbocycles. The molecule has 4 heteroatoms. The van der Waals surface area contributed by atoms with Crippen LogP contribution < -0.4 is 36.6 Å². The number of fused-ring (bicyclic) bond motifs is 2. The van der Waals surface area contributed by atoms with Crippen molar-refractivity contribution >= 4 is 47.7 Å². The van der Waals surface area contributed by atoms with Crippen LogP contribution in [-0.2, 0) is 5.41 Å². The van der Waals surface area contributed by atoms with Crippen LogP contribution >= 0.6 is 15.8 Å². The summed E-state index contributed by atoms with van der Waals surface area (Å²) in [4.78, 5) is 0. The number of hydrogen-bond donors (Lipinski definition) is 0.